The molecule has 4 aliphatic heterocycles. The van der Waals surface area contributed by atoms with E-state index in [9.17, 15) is 14.4 Å². The summed E-state index contributed by atoms with van der Waals surface area (Å²) in [5.41, 5.74) is 10.8. The van der Waals surface area contributed by atoms with Crippen LogP contribution in [0.3, 0.4) is 0 Å². The SMILES string of the molecule is COc1ccc2c(C)cc(=O)n(CCC3(C(N)=O)CCN(CCc4ccc5c(c4)OCCO5)CC3)c2c1.[C-]#[N+]C1(CCn2c(=O)cc(C)c3ccc(OC)cc32)CCN(CCc2ccc3c(c2)OCCO3)CC1. The number of amides is 1. The van der Waals surface area contributed by atoms with Gasteiger partial charge < -0.3 is 57.9 Å². The van der Waals surface area contributed by atoms with E-state index in [0.717, 1.165) is 127 Å². The van der Waals surface area contributed by atoms with E-state index in [1.165, 1.54) is 11.1 Å². The lowest BCUT2D eigenvalue weighted by atomic mass is 9.75. The summed E-state index contributed by atoms with van der Waals surface area (Å²) in [5, 5.41) is 2.05. The minimum atomic E-state index is -0.622. The van der Waals surface area contributed by atoms with Crippen LogP contribution >= 0.6 is 0 Å². The second-order valence-electron chi connectivity index (χ2n) is 20.0. The number of nitrogens with zero attached hydrogens (tertiary/aromatic N) is 5. The molecule has 0 aliphatic carbocycles. The number of nitrogens with two attached hydrogens (primary N) is 1. The summed E-state index contributed by atoms with van der Waals surface area (Å²) in [5.74, 6) is 4.42. The molecular weight excluding hydrogens is 925 g/mol. The maximum absolute atomic E-state index is 12.9. The predicted octanol–water partition coefficient (Wildman–Crippen LogP) is 7.77. The van der Waals surface area contributed by atoms with Crippen molar-refractivity contribution >= 4 is 27.7 Å². The van der Waals surface area contributed by atoms with E-state index >= 15 is 0 Å². The Bertz CT molecular complexity index is 3120. The Labute approximate surface area is 427 Å². The molecule has 0 saturated carbocycles. The van der Waals surface area contributed by atoms with Gasteiger partial charge in [-0.05, 0) is 130 Å². The van der Waals surface area contributed by atoms with Crippen LogP contribution in [0.5, 0.6) is 34.5 Å². The molecule has 2 aromatic heterocycles. The first-order chi connectivity index (χ1) is 35.4. The van der Waals surface area contributed by atoms with E-state index in [1.54, 1.807) is 30.9 Å². The van der Waals surface area contributed by atoms with Crippen LogP contribution in [0.25, 0.3) is 26.7 Å². The van der Waals surface area contributed by atoms with Crippen LogP contribution in [0.2, 0.25) is 0 Å². The number of fused-ring (bicyclic) bond motifs is 4. The number of primary amides is 1. The summed E-state index contributed by atoms with van der Waals surface area (Å²) in [6.07, 6.45) is 6.05. The maximum Gasteiger partial charge on any atom is 0.251 e. The Balaban J connectivity index is 0.000000180. The quantitative estimate of drug-likeness (QED) is 0.101. The van der Waals surface area contributed by atoms with Gasteiger partial charge in [-0.25, -0.2) is 6.57 Å². The number of benzene rings is 4. The molecule has 15 nitrogen and oxygen atoms in total. The molecule has 73 heavy (non-hydrogen) atoms. The van der Waals surface area contributed by atoms with Gasteiger partial charge in [0.05, 0.1) is 30.7 Å². The fourth-order valence-electron chi connectivity index (χ4n) is 10.9. The van der Waals surface area contributed by atoms with Gasteiger partial charge in [-0.1, -0.05) is 12.1 Å². The molecule has 2 saturated heterocycles. The van der Waals surface area contributed by atoms with Gasteiger partial charge in [0.25, 0.3) is 11.1 Å². The van der Waals surface area contributed by atoms with Crippen LogP contribution in [-0.2, 0) is 30.7 Å². The molecule has 1 amide bonds. The molecule has 0 unspecified atom stereocenters. The number of rotatable bonds is 15. The molecule has 0 bridgehead atoms. The number of pyridine rings is 2. The first-order valence-electron chi connectivity index (χ1n) is 25.7. The number of methoxy groups -OCH3 is 2. The second kappa shape index (κ2) is 22.4. The van der Waals surface area contributed by atoms with Gasteiger partial charge in [-0.15, -0.1) is 0 Å². The van der Waals surface area contributed by atoms with E-state index in [-0.39, 0.29) is 17.0 Å². The Kier molecular flexibility index (Phi) is 15.6. The van der Waals surface area contributed by atoms with Crippen LogP contribution in [-0.4, -0.2) is 110 Å². The van der Waals surface area contributed by atoms with Crippen LogP contribution in [0.1, 0.15) is 60.8 Å². The normalized spacial score (nSPS) is 17.0. The minimum absolute atomic E-state index is 0.0229. The molecule has 4 aliphatic rings. The molecule has 0 radical (unpaired) electrons. The zero-order chi connectivity index (χ0) is 51.1. The van der Waals surface area contributed by atoms with Crippen molar-refractivity contribution in [3.63, 3.8) is 0 Å². The van der Waals surface area contributed by atoms with E-state index in [0.29, 0.717) is 70.9 Å². The topological polar surface area (TPSA) is 153 Å². The highest BCUT2D eigenvalue weighted by molar-refractivity contribution is 5.85. The lowest BCUT2D eigenvalue weighted by molar-refractivity contribution is -0.131. The van der Waals surface area contributed by atoms with E-state index in [2.05, 4.69) is 38.9 Å². The number of carbonyl (C=O) groups is 1. The third-order valence-electron chi connectivity index (χ3n) is 15.7. The highest BCUT2D eigenvalue weighted by Crippen LogP contribution is 2.38. The van der Waals surface area contributed by atoms with Gasteiger partial charge >= 0.3 is 0 Å². The molecule has 6 heterocycles. The fraction of sp³-hybridized carbons (Fsp3) is 0.448. The smallest absolute Gasteiger partial charge is 0.251 e. The summed E-state index contributed by atoms with van der Waals surface area (Å²) >= 11 is 0. The summed E-state index contributed by atoms with van der Waals surface area (Å²) in [6, 6.07) is 27.3. The largest absolute Gasteiger partial charge is 0.497 e. The number of carbonyl (C=O) groups excluding carboxylic acids is 1. The van der Waals surface area contributed by atoms with Gasteiger partial charge in [0.2, 0.25) is 11.4 Å². The molecule has 0 atom stereocenters. The van der Waals surface area contributed by atoms with Crippen molar-refractivity contribution in [2.24, 2.45) is 11.1 Å². The van der Waals surface area contributed by atoms with Gasteiger partial charge in [0.15, 0.2) is 23.0 Å². The Morgan fingerprint density at radius 2 is 1.03 bits per heavy atom. The average Bonchev–Trinajstić information content (AvgIpc) is 3.42. The highest BCUT2D eigenvalue weighted by Gasteiger charge is 2.41. The van der Waals surface area contributed by atoms with Gasteiger partial charge in [-0.2, -0.15) is 0 Å². The Hall–Kier alpha value is -7.02. The fourth-order valence-corrected chi connectivity index (χ4v) is 10.9. The monoisotopic (exact) mass is 993 g/mol. The van der Waals surface area contributed by atoms with Crippen LogP contribution < -0.4 is 45.3 Å². The second-order valence-corrected chi connectivity index (χ2v) is 20.0. The molecule has 384 valence electrons. The maximum atomic E-state index is 12.9. The van der Waals surface area contributed by atoms with E-state index < -0.39 is 11.0 Å². The molecule has 6 aromatic rings. The lowest BCUT2D eigenvalue weighted by Crippen LogP contribution is -2.48. The van der Waals surface area contributed by atoms with Crippen molar-refractivity contribution in [2.45, 2.75) is 83.8 Å². The molecule has 2 N–H and O–H groups in total. The van der Waals surface area contributed by atoms with Gasteiger partial charge in [-0.3, -0.25) is 14.4 Å². The summed E-state index contributed by atoms with van der Waals surface area (Å²) in [6.45, 7) is 20.4. The Morgan fingerprint density at radius 1 is 0.589 bits per heavy atom. The molecule has 10 rings (SSSR count). The first-order valence-corrected chi connectivity index (χ1v) is 25.7. The van der Waals surface area contributed by atoms with Crippen LogP contribution in [0, 0.1) is 25.8 Å². The number of aromatic nitrogens is 2. The molecule has 2 fully saturated rings. The zero-order valence-corrected chi connectivity index (χ0v) is 42.7. The minimum Gasteiger partial charge on any atom is -0.497 e. The van der Waals surface area contributed by atoms with Crippen molar-refractivity contribution in [1.82, 2.24) is 18.9 Å². The van der Waals surface area contributed by atoms with Crippen molar-refractivity contribution in [2.75, 3.05) is 79.9 Å². The average molecular weight is 993 g/mol. The van der Waals surface area contributed by atoms with E-state index in [4.69, 9.17) is 40.7 Å². The van der Waals surface area contributed by atoms with Crippen LogP contribution in [0.4, 0.5) is 0 Å². The third-order valence-corrected chi connectivity index (χ3v) is 15.7. The van der Waals surface area contributed by atoms with Gasteiger partial charge in [0.1, 0.15) is 37.9 Å². The highest BCUT2D eigenvalue weighted by atomic mass is 16.6. The van der Waals surface area contributed by atoms with Crippen molar-refractivity contribution in [3.05, 3.63) is 139 Å². The molecule has 15 heteroatoms. The van der Waals surface area contributed by atoms with Gasteiger partial charge in [0, 0.05) is 93.6 Å². The molecule has 4 aromatic carbocycles. The lowest BCUT2D eigenvalue weighted by Gasteiger charge is -2.40. The zero-order valence-electron chi connectivity index (χ0n) is 42.7. The summed E-state index contributed by atoms with van der Waals surface area (Å²) in [4.78, 5) is 47.5. The third kappa shape index (κ3) is 11.5. The Morgan fingerprint density at radius 3 is 1.47 bits per heavy atom. The molecular formula is C58H68N6O9. The number of ether oxygens (including phenoxy) is 6. The summed E-state index contributed by atoms with van der Waals surface area (Å²) in [7, 11) is 3.25. The van der Waals surface area contributed by atoms with Crippen molar-refractivity contribution in [3.8, 4) is 34.5 Å². The molecule has 0 spiro atoms. The number of hydrogen-bond donors (Lipinski definition) is 1. The first kappa shape index (κ1) is 50.9. The predicted molar refractivity (Wildman–Crippen MR) is 283 cm³/mol. The van der Waals surface area contributed by atoms with Crippen LogP contribution in [0.15, 0.2) is 94.5 Å². The van der Waals surface area contributed by atoms with Crippen molar-refractivity contribution < 1.29 is 33.2 Å². The van der Waals surface area contributed by atoms with E-state index in [1.807, 2.05) is 66.9 Å². The summed E-state index contributed by atoms with van der Waals surface area (Å²) < 4.78 is 37.0. The van der Waals surface area contributed by atoms with Crippen molar-refractivity contribution in [1.29, 1.82) is 0 Å². The number of hydrogen-bond acceptors (Lipinski definition) is 11. The number of likely N-dealkylation sites (tertiary alicyclic amines) is 2. The number of aryl methyl sites for hydroxylation is 4. The number of piperidine rings is 2. The standard InChI is InChI=1S/C29H35N3O5.C29H33N3O4/c1-20-17-27(33)32(24-19-22(35-2)4-5-23(20)24)14-10-29(28(30)34)8-12-31(13-9-29)11-7-21-3-6-25-26(18-21)37-16-15-36-25;1-21-18-28(33)32(25-20-23(34-3)5-6-24(21)25)15-11-29(30-2)9-13-31(14-10-29)12-8-22-4-7-26-27(19-22)36-17-16-35-26/h3-6,17-19H,7-16H2,1-2H3,(H2,30,34);4-7,18-20H,8-17H2,1,3H3.